The van der Waals surface area contributed by atoms with E-state index in [1.54, 1.807) is 24.3 Å². The quantitative estimate of drug-likeness (QED) is 0.377. The van der Waals surface area contributed by atoms with Gasteiger partial charge in [-0.3, -0.25) is 23.4 Å². The molecule has 1 aliphatic rings. The maximum atomic E-state index is 12.5. The van der Waals surface area contributed by atoms with Gasteiger partial charge in [0.2, 0.25) is 15.9 Å². The molecular weight excluding hydrogens is 500 g/mol. The monoisotopic (exact) mass is 518 g/mol. The van der Waals surface area contributed by atoms with Gasteiger partial charge in [-0.2, -0.15) is 4.72 Å². The minimum Gasteiger partial charge on any atom is -0.480 e. The maximum absolute atomic E-state index is 12.5. The van der Waals surface area contributed by atoms with Crippen LogP contribution in [0.4, 0.5) is 0 Å². The van der Waals surface area contributed by atoms with Crippen molar-refractivity contribution in [3.63, 3.8) is 0 Å². The summed E-state index contributed by atoms with van der Waals surface area (Å²) in [5.41, 5.74) is 0.983. The number of aliphatic carboxylic acids is 1. The molecule has 2 atom stereocenters. The van der Waals surface area contributed by atoms with Gasteiger partial charge in [0.25, 0.3) is 0 Å². The molecule has 2 aromatic carbocycles. The Morgan fingerprint density at radius 3 is 2.43 bits per heavy atom. The highest BCUT2D eigenvalue weighted by Crippen LogP contribution is 2.57. The third-order valence-corrected chi connectivity index (χ3v) is 8.45. The van der Waals surface area contributed by atoms with E-state index < -0.39 is 44.0 Å². The van der Waals surface area contributed by atoms with Crippen LogP contribution < -0.4 is 9.44 Å². The number of carboxylic acids is 1. The summed E-state index contributed by atoms with van der Waals surface area (Å²) in [5.74, 6) is -1.81. The first-order valence-corrected chi connectivity index (χ1v) is 12.5. The molecular formula is C18H19BrN2O7S2. The minimum atomic E-state index is -4.03. The van der Waals surface area contributed by atoms with Gasteiger partial charge < -0.3 is 5.11 Å². The molecule has 1 fully saturated rings. The summed E-state index contributed by atoms with van der Waals surface area (Å²) in [5, 5.41) is 8.66. The second kappa shape index (κ2) is 8.65. The second-order valence-electron chi connectivity index (χ2n) is 6.70. The molecule has 5 N–H and O–H groups in total. The van der Waals surface area contributed by atoms with Crippen LogP contribution in [0, 0.1) is 0 Å². The molecule has 0 bridgehead atoms. The predicted molar refractivity (Wildman–Crippen MR) is 114 cm³/mol. The third-order valence-electron chi connectivity index (χ3n) is 4.53. The predicted octanol–water partition coefficient (Wildman–Crippen LogP) is 2.65. The van der Waals surface area contributed by atoms with Crippen LogP contribution in [0.15, 0.2) is 57.9 Å². The third kappa shape index (κ3) is 5.02. The molecule has 1 saturated heterocycles. The summed E-state index contributed by atoms with van der Waals surface area (Å²) in [6.45, 7) is 0. The minimum absolute atomic E-state index is 0.0450. The Balaban J connectivity index is 1.81. The van der Waals surface area contributed by atoms with E-state index in [4.69, 9.17) is 0 Å². The number of amides is 1. The zero-order valence-electron chi connectivity index (χ0n) is 15.4. The fraction of sp³-hybridized carbons (Fsp3) is 0.222. The van der Waals surface area contributed by atoms with Crippen molar-refractivity contribution < 1.29 is 32.2 Å². The van der Waals surface area contributed by atoms with E-state index in [0.29, 0.717) is 15.6 Å². The first-order chi connectivity index (χ1) is 14.0. The summed E-state index contributed by atoms with van der Waals surface area (Å²) in [4.78, 5) is 23.1. The summed E-state index contributed by atoms with van der Waals surface area (Å²) >= 11 is 3.32. The molecule has 1 heterocycles. The molecule has 12 heteroatoms. The van der Waals surface area contributed by atoms with Crippen molar-refractivity contribution in [2.75, 3.05) is 0 Å². The number of carbonyl (C=O) groups is 2. The topological polar surface area (TPSA) is 153 Å². The highest BCUT2D eigenvalue weighted by Gasteiger charge is 2.39. The Labute approximate surface area is 183 Å². The van der Waals surface area contributed by atoms with Gasteiger partial charge in [0.1, 0.15) is 11.3 Å². The zero-order valence-corrected chi connectivity index (χ0v) is 18.6. The van der Waals surface area contributed by atoms with Gasteiger partial charge in [-0.1, -0.05) is 46.3 Å². The van der Waals surface area contributed by atoms with Crippen LogP contribution in [0.25, 0.3) is 0 Å². The van der Waals surface area contributed by atoms with Crippen molar-refractivity contribution in [3.8, 4) is 0 Å². The van der Waals surface area contributed by atoms with Crippen molar-refractivity contribution in [1.82, 2.24) is 9.44 Å². The number of carbonyl (C=O) groups excluding carboxylic acids is 1. The molecule has 162 valence electrons. The van der Waals surface area contributed by atoms with Crippen LogP contribution in [-0.2, 0) is 26.0 Å². The van der Waals surface area contributed by atoms with E-state index in [-0.39, 0.29) is 17.7 Å². The van der Waals surface area contributed by atoms with Crippen LogP contribution in [0.2, 0.25) is 0 Å². The van der Waals surface area contributed by atoms with Crippen LogP contribution in [-0.4, -0.2) is 40.5 Å². The number of sulfonamides is 1. The molecule has 1 aliphatic heterocycles. The average molecular weight is 519 g/mol. The Morgan fingerprint density at radius 2 is 1.90 bits per heavy atom. The highest BCUT2D eigenvalue weighted by atomic mass is 79.9. The molecule has 0 aromatic heterocycles. The van der Waals surface area contributed by atoms with E-state index in [1.807, 2.05) is 0 Å². The standard InChI is InChI=1S/C18H19BrN2O7S2/c19-14-8-11(6-7-13(14)16-10-17(22)21-30(16,27)28)9-15(18(23)24)20-29(25,26)12-4-2-1-3-5-12/h1-8,15-16,20,27-28H,9-10H2,(H,21,22)(H,23,24)/t15-,16?/m1/s1. The lowest BCUT2D eigenvalue weighted by Crippen LogP contribution is -2.42. The Bertz CT molecular complexity index is 1080. The van der Waals surface area contributed by atoms with Crippen LogP contribution in [0.3, 0.4) is 0 Å². The molecule has 30 heavy (non-hydrogen) atoms. The first-order valence-electron chi connectivity index (χ1n) is 8.66. The normalized spacial score (nSPS) is 20.4. The number of nitrogens with one attached hydrogen (secondary N) is 2. The van der Waals surface area contributed by atoms with Crippen LogP contribution in [0.5, 0.6) is 0 Å². The highest BCUT2D eigenvalue weighted by molar-refractivity contribution is 9.10. The Hall–Kier alpha value is -1.96. The second-order valence-corrected chi connectivity index (χ2v) is 11.2. The molecule has 1 amide bonds. The maximum Gasteiger partial charge on any atom is 0.322 e. The number of carboxylic acid groups (broad SMARTS) is 1. The van der Waals surface area contributed by atoms with E-state index in [9.17, 15) is 32.2 Å². The van der Waals surface area contributed by atoms with Crippen molar-refractivity contribution in [2.24, 2.45) is 0 Å². The van der Waals surface area contributed by atoms with Crippen LogP contribution in [0.1, 0.15) is 22.8 Å². The summed E-state index contributed by atoms with van der Waals surface area (Å²) in [7, 11) is -7.36. The zero-order chi connectivity index (χ0) is 22.1. The fourth-order valence-corrected chi connectivity index (χ4v) is 6.65. The summed E-state index contributed by atoms with van der Waals surface area (Å²) in [6, 6.07) is 10.7. The van der Waals surface area contributed by atoms with Crippen molar-refractivity contribution in [3.05, 3.63) is 64.1 Å². The number of hydrogen-bond donors (Lipinski definition) is 5. The van der Waals surface area contributed by atoms with Gasteiger partial charge in [0, 0.05) is 4.47 Å². The van der Waals surface area contributed by atoms with Gasteiger partial charge in [-0.05, 0) is 35.7 Å². The van der Waals surface area contributed by atoms with Crippen LogP contribution >= 0.6 is 26.7 Å². The molecule has 0 spiro atoms. The lowest BCUT2D eigenvalue weighted by molar-refractivity contribution is -0.139. The van der Waals surface area contributed by atoms with E-state index in [0.717, 1.165) is 0 Å². The summed E-state index contributed by atoms with van der Waals surface area (Å²) < 4.78 is 49.8. The number of benzene rings is 2. The SMILES string of the molecule is O=C1CC(c2ccc(C[C@@H](NS(=O)(=O)c3ccccc3)C(=O)O)cc2Br)S(O)(O)N1. The first kappa shape index (κ1) is 22.7. The molecule has 0 saturated carbocycles. The van der Waals surface area contributed by atoms with Gasteiger partial charge >= 0.3 is 5.97 Å². The van der Waals surface area contributed by atoms with Gasteiger partial charge in [-0.15, -0.1) is 10.8 Å². The van der Waals surface area contributed by atoms with E-state index >= 15 is 0 Å². The lowest BCUT2D eigenvalue weighted by atomic mass is 10.0. The van der Waals surface area contributed by atoms with E-state index in [1.165, 1.54) is 24.3 Å². The number of halogens is 1. The number of hydrogen-bond acceptors (Lipinski definition) is 6. The smallest absolute Gasteiger partial charge is 0.322 e. The summed E-state index contributed by atoms with van der Waals surface area (Å²) in [6.07, 6.45) is -0.229. The average Bonchev–Trinajstić information content (AvgIpc) is 2.93. The van der Waals surface area contributed by atoms with Gasteiger partial charge in [0.15, 0.2) is 0 Å². The van der Waals surface area contributed by atoms with E-state index in [2.05, 4.69) is 25.4 Å². The molecule has 9 nitrogen and oxygen atoms in total. The molecule has 0 radical (unpaired) electrons. The van der Waals surface area contributed by atoms with Crippen molar-refractivity contribution >= 4 is 48.6 Å². The lowest BCUT2D eigenvalue weighted by Gasteiger charge is -2.33. The largest absolute Gasteiger partial charge is 0.480 e. The van der Waals surface area contributed by atoms with Gasteiger partial charge in [0.05, 0.1) is 11.3 Å². The Morgan fingerprint density at radius 1 is 1.23 bits per heavy atom. The number of rotatable bonds is 7. The fourth-order valence-electron chi connectivity index (χ4n) is 3.08. The molecule has 2 aromatic rings. The van der Waals surface area contributed by atoms with Crippen molar-refractivity contribution in [1.29, 1.82) is 0 Å². The molecule has 1 unspecified atom stereocenters. The molecule has 0 aliphatic carbocycles. The van der Waals surface area contributed by atoms with Gasteiger partial charge in [-0.25, -0.2) is 8.42 Å². The molecule has 3 rings (SSSR count). The Kier molecular flexibility index (Phi) is 6.55. The van der Waals surface area contributed by atoms with Crippen molar-refractivity contribution in [2.45, 2.75) is 29.0 Å².